The van der Waals surface area contributed by atoms with Crippen LogP contribution in [0.2, 0.25) is 0 Å². The molecule has 2 aromatic heterocycles. The van der Waals surface area contributed by atoms with Crippen LogP contribution in [0.25, 0.3) is 11.6 Å². The van der Waals surface area contributed by atoms with Crippen molar-refractivity contribution in [2.45, 2.75) is 70.1 Å². The van der Waals surface area contributed by atoms with Crippen molar-refractivity contribution in [3.63, 3.8) is 0 Å². The molecule has 0 spiro atoms. The highest BCUT2D eigenvalue weighted by atomic mass is 32.2. The first-order valence-electron chi connectivity index (χ1n) is 11.0. The van der Waals surface area contributed by atoms with E-state index < -0.39 is 0 Å². The maximum Gasteiger partial charge on any atom is 0.230 e. The Morgan fingerprint density at radius 2 is 2.00 bits per heavy atom. The van der Waals surface area contributed by atoms with Crippen molar-refractivity contribution in [1.29, 1.82) is 0 Å². The third kappa shape index (κ3) is 5.03. The summed E-state index contributed by atoms with van der Waals surface area (Å²) in [5.41, 5.74) is 3.61. The average Bonchev–Trinajstić information content (AvgIpc) is 3.44. The number of aromatic nitrogens is 3. The molecule has 31 heavy (non-hydrogen) atoms. The van der Waals surface area contributed by atoms with Crippen molar-refractivity contribution in [3.8, 4) is 11.6 Å². The Kier molecular flexibility index (Phi) is 6.80. The number of thioether (sulfide) groups is 1. The van der Waals surface area contributed by atoms with E-state index in [2.05, 4.69) is 52.1 Å². The summed E-state index contributed by atoms with van der Waals surface area (Å²) in [6.07, 6.45) is 7.56. The molecule has 0 bridgehead atoms. The molecule has 1 aliphatic rings. The largest absolute Gasteiger partial charge is 0.461 e. The first-order chi connectivity index (χ1) is 15.0. The van der Waals surface area contributed by atoms with E-state index in [0.29, 0.717) is 11.8 Å². The molecule has 1 N–H and O–H groups in total. The standard InChI is InChI=1S/C24H30N4O2S/c1-16-11-12-19(14-17(16)2)18(3)25-22(29)15-31-24-27-26-23(21-10-7-13-30-21)28(24)20-8-5-4-6-9-20/h7,10-14,18,20H,4-6,8-9,15H2,1-3H3,(H,25,29)/t18-/m1/s1. The van der Waals surface area contributed by atoms with Gasteiger partial charge >= 0.3 is 0 Å². The lowest BCUT2D eigenvalue weighted by Crippen LogP contribution is -2.28. The quantitative estimate of drug-likeness (QED) is 0.484. The van der Waals surface area contributed by atoms with E-state index in [1.807, 2.05) is 19.1 Å². The number of carbonyl (C=O) groups is 1. The summed E-state index contributed by atoms with van der Waals surface area (Å²) in [5, 5.41) is 12.7. The van der Waals surface area contributed by atoms with Gasteiger partial charge in [-0.2, -0.15) is 0 Å². The predicted octanol–water partition coefficient (Wildman–Crippen LogP) is 5.63. The van der Waals surface area contributed by atoms with Crippen LogP contribution in [0.15, 0.2) is 46.2 Å². The molecule has 1 fully saturated rings. The molecule has 1 aromatic carbocycles. The predicted molar refractivity (Wildman–Crippen MR) is 123 cm³/mol. The molecule has 0 radical (unpaired) electrons. The zero-order valence-electron chi connectivity index (χ0n) is 18.4. The Morgan fingerprint density at radius 3 is 2.71 bits per heavy atom. The number of hydrogen-bond donors (Lipinski definition) is 1. The number of aryl methyl sites for hydroxylation is 2. The van der Waals surface area contributed by atoms with Gasteiger partial charge in [-0.25, -0.2) is 0 Å². The number of benzene rings is 1. The van der Waals surface area contributed by atoms with E-state index in [-0.39, 0.29) is 11.9 Å². The summed E-state index contributed by atoms with van der Waals surface area (Å²) < 4.78 is 7.78. The van der Waals surface area contributed by atoms with E-state index in [4.69, 9.17) is 4.42 Å². The molecule has 4 rings (SSSR count). The minimum absolute atomic E-state index is 0.00605. The van der Waals surface area contributed by atoms with Gasteiger partial charge in [0.15, 0.2) is 10.9 Å². The monoisotopic (exact) mass is 438 g/mol. The third-order valence-electron chi connectivity index (χ3n) is 6.09. The van der Waals surface area contributed by atoms with Gasteiger partial charge < -0.3 is 9.73 Å². The van der Waals surface area contributed by atoms with Crippen LogP contribution in [-0.4, -0.2) is 26.4 Å². The van der Waals surface area contributed by atoms with Crippen LogP contribution in [0.4, 0.5) is 0 Å². The molecule has 7 heteroatoms. The minimum atomic E-state index is -0.0395. The number of amides is 1. The highest BCUT2D eigenvalue weighted by Gasteiger charge is 2.25. The van der Waals surface area contributed by atoms with Crippen LogP contribution in [0.1, 0.15) is 67.8 Å². The average molecular weight is 439 g/mol. The second kappa shape index (κ2) is 9.73. The fourth-order valence-electron chi connectivity index (χ4n) is 4.15. The highest BCUT2D eigenvalue weighted by Crippen LogP contribution is 2.35. The summed E-state index contributed by atoms with van der Waals surface area (Å²) in [5.74, 6) is 1.77. The lowest BCUT2D eigenvalue weighted by Gasteiger charge is -2.25. The van der Waals surface area contributed by atoms with Crippen LogP contribution in [0, 0.1) is 13.8 Å². The summed E-state index contributed by atoms with van der Waals surface area (Å²) in [4.78, 5) is 12.7. The van der Waals surface area contributed by atoms with Gasteiger partial charge in [0, 0.05) is 6.04 Å². The molecular formula is C24H30N4O2S. The Hall–Kier alpha value is -2.54. The molecule has 1 saturated carbocycles. The summed E-state index contributed by atoms with van der Waals surface area (Å²) in [7, 11) is 0. The van der Waals surface area contributed by atoms with E-state index in [1.54, 1.807) is 6.26 Å². The molecule has 1 atom stereocenters. The third-order valence-corrected chi connectivity index (χ3v) is 7.03. The lowest BCUT2D eigenvalue weighted by molar-refractivity contribution is -0.119. The highest BCUT2D eigenvalue weighted by molar-refractivity contribution is 7.99. The molecule has 1 aliphatic carbocycles. The first-order valence-corrected chi connectivity index (χ1v) is 12.0. The van der Waals surface area contributed by atoms with Crippen LogP contribution < -0.4 is 5.32 Å². The molecule has 6 nitrogen and oxygen atoms in total. The smallest absolute Gasteiger partial charge is 0.230 e. The maximum absolute atomic E-state index is 12.7. The van der Waals surface area contributed by atoms with E-state index in [1.165, 1.54) is 42.2 Å². The van der Waals surface area contributed by atoms with Gasteiger partial charge in [-0.15, -0.1) is 10.2 Å². The Balaban J connectivity index is 1.45. The van der Waals surface area contributed by atoms with Gasteiger partial charge in [-0.3, -0.25) is 9.36 Å². The zero-order valence-corrected chi connectivity index (χ0v) is 19.2. The number of nitrogens with zero attached hydrogens (tertiary/aromatic N) is 3. The molecule has 3 aromatic rings. The summed E-state index contributed by atoms with van der Waals surface area (Å²) in [6, 6.07) is 10.4. The van der Waals surface area contributed by atoms with E-state index in [0.717, 1.165) is 35.1 Å². The van der Waals surface area contributed by atoms with Crippen molar-refractivity contribution in [2.75, 3.05) is 5.75 Å². The number of nitrogens with one attached hydrogen (secondary N) is 1. The summed E-state index contributed by atoms with van der Waals surface area (Å²) in [6.45, 7) is 6.21. The van der Waals surface area contributed by atoms with Gasteiger partial charge in [0.1, 0.15) is 0 Å². The van der Waals surface area contributed by atoms with Gasteiger partial charge in [0.2, 0.25) is 11.7 Å². The molecule has 0 aliphatic heterocycles. The summed E-state index contributed by atoms with van der Waals surface area (Å²) >= 11 is 1.45. The van der Waals surface area contributed by atoms with E-state index in [9.17, 15) is 4.79 Å². The lowest BCUT2D eigenvalue weighted by atomic mass is 9.95. The van der Waals surface area contributed by atoms with E-state index >= 15 is 0 Å². The van der Waals surface area contributed by atoms with Crippen LogP contribution >= 0.6 is 11.8 Å². The first kappa shape index (κ1) is 21.7. The molecule has 1 amide bonds. The van der Waals surface area contributed by atoms with Crippen molar-refractivity contribution >= 4 is 17.7 Å². The number of carbonyl (C=O) groups excluding carboxylic acids is 1. The fourth-order valence-corrected chi connectivity index (χ4v) is 4.96. The van der Waals surface area contributed by atoms with Crippen LogP contribution in [-0.2, 0) is 4.79 Å². The van der Waals surface area contributed by atoms with Crippen molar-refractivity contribution < 1.29 is 9.21 Å². The van der Waals surface area contributed by atoms with Gasteiger partial charge in [0.05, 0.1) is 18.1 Å². The normalized spacial score (nSPS) is 15.7. The number of furan rings is 1. The molecule has 2 heterocycles. The van der Waals surface area contributed by atoms with Crippen LogP contribution in [0.5, 0.6) is 0 Å². The Bertz CT molecular complexity index is 1020. The Labute approximate surface area is 187 Å². The van der Waals surface area contributed by atoms with Crippen molar-refractivity contribution in [3.05, 3.63) is 53.3 Å². The van der Waals surface area contributed by atoms with Crippen molar-refractivity contribution in [1.82, 2.24) is 20.1 Å². The maximum atomic E-state index is 12.7. The second-order valence-corrected chi connectivity index (χ2v) is 9.31. The fraction of sp³-hybridized carbons (Fsp3) is 0.458. The number of rotatable bonds is 7. The van der Waals surface area contributed by atoms with Crippen molar-refractivity contribution in [2.24, 2.45) is 0 Å². The van der Waals surface area contributed by atoms with Gasteiger partial charge in [0.25, 0.3) is 0 Å². The minimum Gasteiger partial charge on any atom is -0.461 e. The zero-order chi connectivity index (χ0) is 21.8. The van der Waals surface area contributed by atoms with Gasteiger partial charge in [-0.05, 0) is 62.4 Å². The molecule has 164 valence electrons. The topological polar surface area (TPSA) is 73.0 Å². The second-order valence-electron chi connectivity index (χ2n) is 8.37. The molecule has 0 saturated heterocycles. The van der Waals surface area contributed by atoms with Gasteiger partial charge in [-0.1, -0.05) is 49.2 Å². The van der Waals surface area contributed by atoms with Crippen LogP contribution in [0.3, 0.4) is 0 Å². The Morgan fingerprint density at radius 1 is 1.19 bits per heavy atom. The SMILES string of the molecule is Cc1ccc([C@@H](C)NC(=O)CSc2nnc(-c3ccco3)n2C2CCCCC2)cc1C. The molecule has 0 unspecified atom stereocenters. The molecular weight excluding hydrogens is 408 g/mol. The number of hydrogen-bond acceptors (Lipinski definition) is 5.